The fourth-order valence-corrected chi connectivity index (χ4v) is 3.62. The summed E-state index contributed by atoms with van der Waals surface area (Å²) in [5.74, 6) is -1.45. The molecular weight excluding hydrogens is 413 g/mol. The number of carbonyl (C=O) groups excluding carboxylic acids is 2. The molecule has 0 spiro atoms. The lowest BCUT2D eigenvalue weighted by molar-refractivity contribution is 0.0461. The second-order valence-electron chi connectivity index (χ2n) is 7.63. The first-order valence-corrected chi connectivity index (χ1v) is 10.4. The molecule has 0 aliphatic carbocycles. The highest BCUT2D eigenvalue weighted by Crippen LogP contribution is 2.15. The van der Waals surface area contributed by atoms with Gasteiger partial charge in [0.05, 0.1) is 0 Å². The van der Waals surface area contributed by atoms with E-state index in [2.05, 4.69) is 5.10 Å². The van der Waals surface area contributed by atoms with Gasteiger partial charge in [0, 0.05) is 30.4 Å². The van der Waals surface area contributed by atoms with Gasteiger partial charge in [-0.2, -0.15) is 5.10 Å². The molecule has 3 aromatic rings. The summed E-state index contributed by atoms with van der Waals surface area (Å²) >= 11 is 0. The van der Waals surface area contributed by atoms with Crippen molar-refractivity contribution in [1.29, 1.82) is 0 Å². The number of halogens is 1. The first kappa shape index (κ1) is 21.4. The minimum atomic E-state index is -0.905. The zero-order valence-corrected chi connectivity index (χ0v) is 17.6. The van der Waals surface area contributed by atoms with Gasteiger partial charge in [-0.3, -0.25) is 9.59 Å². The molecule has 32 heavy (non-hydrogen) atoms. The van der Waals surface area contributed by atoms with Crippen LogP contribution >= 0.6 is 0 Å². The smallest absolute Gasteiger partial charge is 0.363 e. The van der Waals surface area contributed by atoms with Crippen LogP contribution in [0.4, 0.5) is 4.39 Å². The molecule has 0 unspecified atom stereocenters. The van der Waals surface area contributed by atoms with Gasteiger partial charge < -0.3 is 9.64 Å². The zero-order chi connectivity index (χ0) is 22.7. The van der Waals surface area contributed by atoms with Crippen LogP contribution in [0.1, 0.15) is 44.9 Å². The summed E-state index contributed by atoms with van der Waals surface area (Å²) in [6.07, 6.45) is 2.04. The van der Waals surface area contributed by atoms with E-state index < -0.39 is 22.9 Å². The van der Waals surface area contributed by atoms with Crippen molar-refractivity contribution in [2.45, 2.75) is 26.4 Å². The fraction of sp³-hybridized carbons (Fsp3) is 0.250. The molecule has 1 aromatic heterocycles. The van der Waals surface area contributed by atoms with Gasteiger partial charge in [0.25, 0.3) is 5.91 Å². The minimum absolute atomic E-state index is 0.0106. The second kappa shape index (κ2) is 9.13. The molecule has 1 amide bonds. The van der Waals surface area contributed by atoms with E-state index in [1.807, 2.05) is 4.90 Å². The van der Waals surface area contributed by atoms with Crippen molar-refractivity contribution in [3.8, 4) is 5.69 Å². The maximum atomic E-state index is 14.2. The van der Waals surface area contributed by atoms with Crippen LogP contribution in [0.5, 0.6) is 0 Å². The quantitative estimate of drug-likeness (QED) is 0.575. The lowest BCUT2D eigenvalue weighted by Crippen LogP contribution is -2.27. The maximum Gasteiger partial charge on any atom is 0.363 e. The summed E-state index contributed by atoms with van der Waals surface area (Å²) in [7, 11) is 0. The number of aryl methyl sites for hydroxylation is 1. The number of esters is 1. The first-order valence-electron chi connectivity index (χ1n) is 10.4. The number of benzene rings is 2. The Balaban J connectivity index is 1.47. The molecule has 2 aromatic carbocycles. The van der Waals surface area contributed by atoms with Crippen molar-refractivity contribution < 1.29 is 18.7 Å². The van der Waals surface area contributed by atoms with Crippen molar-refractivity contribution in [3.63, 3.8) is 0 Å². The van der Waals surface area contributed by atoms with Gasteiger partial charge in [-0.25, -0.2) is 13.9 Å². The molecule has 1 aliphatic rings. The van der Waals surface area contributed by atoms with E-state index in [0.29, 0.717) is 16.8 Å². The monoisotopic (exact) mass is 435 g/mol. The third kappa shape index (κ3) is 4.44. The molecule has 1 saturated heterocycles. The number of hydrogen-bond acceptors (Lipinski definition) is 5. The summed E-state index contributed by atoms with van der Waals surface area (Å²) in [6.45, 7) is 3.05. The predicted octanol–water partition coefficient (Wildman–Crippen LogP) is 3.27. The number of rotatable bonds is 5. The molecule has 7 nitrogen and oxygen atoms in total. The van der Waals surface area contributed by atoms with Gasteiger partial charge in [0.2, 0.25) is 11.1 Å². The summed E-state index contributed by atoms with van der Waals surface area (Å²) in [6, 6.07) is 14.0. The first-order chi connectivity index (χ1) is 15.4. The topological polar surface area (TPSA) is 81.5 Å². The average Bonchev–Trinajstić information content (AvgIpc) is 3.33. The molecule has 0 atom stereocenters. The lowest BCUT2D eigenvalue weighted by Gasteiger charge is -2.15. The van der Waals surface area contributed by atoms with E-state index in [0.717, 1.165) is 25.9 Å². The number of carbonyl (C=O) groups is 2. The third-order valence-corrected chi connectivity index (χ3v) is 5.35. The summed E-state index contributed by atoms with van der Waals surface area (Å²) in [4.78, 5) is 39.0. The van der Waals surface area contributed by atoms with Crippen molar-refractivity contribution in [2.75, 3.05) is 13.1 Å². The lowest BCUT2D eigenvalue weighted by atomic mass is 10.1. The van der Waals surface area contributed by atoms with Crippen LogP contribution in [0.15, 0.2) is 59.4 Å². The number of para-hydroxylation sites is 1. The molecule has 1 aliphatic heterocycles. The van der Waals surface area contributed by atoms with Gasteiger partial charge in [-0.1, -0.05) is 24.3 Å². The Kier molecular flexibility index (Phi) is 6.11. The van der Waals surface area contributed by atoms with Crippen LogP contribution in [-0.4, -0.2) is 39.6 Å². The second-order valence-corrected chi connectivity index (χ2v) is 7.63. The summed E-state index contributed by atoms with van der Waals surface area (Å²) in [5, 5.41) is 4.04. The van der Waals surface area contributed by atoms with Crippen LogP contribution < -0.4 is 5.43 Å². The molecule has 164 valence electrons. The van der Waals surface area contributed by atoms with Crippen molar-refractivity contribution in [1.82, 2.24) is 14.7 Å². The van der Waals surface area contributed by atoms with Gasteiger partial charge in [0.1, 0.15) is 18.1 Å². The number of likely N-dealkylation sites (tertiary alicyclic amines) is 1. The largest absolute Gasteiger partial charge is 0.456 e. The molecular formula is C24H22FN3O4. The van der Waals surface area contributed by atoms with E-state index in [1.54, 1.807) is 37.3 Å². The highest BCUT2D eigenvalue weighted by atomic mass is 19.1. The Hall–Kier alpha value is -3.81. The van der Waals surface area contributed by atoms with Crippen molar-refractivity contribution >= 4 is 11.9 Å². The highest BCUT2D eigenvalue weighted by molar-refractivity contribution is 5.94. The Morgan fingerprint density at radius 2 is 1.75 bits per heavy atom. The predicted molar refractivity (Wildman–Crippen MR) is 115 cm³/mol. The van der Waals surface area contributed by atoms with E-state index in [-0.39, 0.29) is 18.2 Å². The SMILES string of the molecule is Cc1cc(=O)c(C(=O)OCc2ccc(C(=O)N3CCCC3)cc2)nn1-c1ccccc1F. The van der Waals surface area contributed by atoms with Crippen LogP contribution in [0.25, 0.3) is 5.69 Å². The Morgan fingerprint density at radius 3 is 2.44 bits per heavy atom. The summed E-state index contributed by atoms with van der Waals surface area (Å²) < 4.78 is 20.6. The standard InChI is InChI=1S/C24H22FN3O4/c1-16-14-21(29)22(26-28(16)20-7-3-2-6-19(20)25)24(31)32-15-17-8-10-18(11-9-17)23(30)27-12-4-5-13-27/h2-3,6-11,14H,4-5,12-13,15H2,1H3. The van der Waals surface area contributed by atoms with E-state index in [4.69, 9.17) is 4.74 Å². The Morgan fingerprint density at radius 1 is 1.06 bits per heavy atom. The number of aromatic nitrogens is 2. The number of nitrogens with zero attached hydrogens (tertiary/aromatic N) is 3. The molecule has 4 rings (SSSR count). The van der Waals surface area contributed by atoms with Gasteiger partial charge in [0.15, 0.2) is 0 Å². The highest BCUT2D eigenvalue weighted by Gasteiger charge is 2.20. The maximum absolute atomic E-state index is 14.2. The van der Waals surface area contributed by atoms with Crippen molar-refractivity contribution in [3.05, 3.63) is 93.2 Å². The van der Waals surface area contributed by atoms with Crippen LogP contribution in [0.3, 0.4) is 0 Å². The molecule has 0 bridgehead atoms. The van der Waals surface area contributed by atoms with Gasteiger partial charge in [-0.15, -0.1) is 0 Å². The van der Waals surface area contributed by atoms with Crippen LogP contribution in [0.2, 0.25) is 0 Å². The van der Waals surface area contributed by atoms with E-state index in [9.17, 15) is 18.8 Å². The zero-order valence-electron chi connectivity index (χ0n) is 17.6. The van der Waals surface area contributed by atoms with Crippen LogP contribution in [0, 0.1) is 12.7 Å². The molecule has 8 heteroatoms. The van der Waals surface area contributed by atoms with Crippen molar-refractivity contribution in [2.24, 2.45) is 0 Å². The number of ether oxygens (including phenoxy) is 1. The molecule has 0 radical (unpaired) electrons. The Bertz CT molecular complexity index is 1210. The number of hydrogen-bond donors (Lipinski definition) is 0. The summed E-state index contributed by atoms with van der Waals surface area (Å²) in [5.41, 5.74) is 0.714. The third-order valence-electron chi connectivity index (χ3n) is 5.35. The normalized spacial score (nSPS) is 13.2. The fourth-order valence-electron chi connectivity index (χ4n) is 3.62. The van der Waals surface area contributed by atoms with Crippen LogP contribution in [-0.2, 0) is 11.3 Å². The minimum Gasteiger partial charge on any atom is -0.456 e. The van der Waals surface area contributed by atoms with E-state index in [1.165, 1.54) is 28.9 Å². The van der Waals surface area contributed by atoms with Gasteiger partial charge in [-0.05, 0) is 49.6 Å². The Labute approximate surface area is 184 Å². The molecule has 0 N–H and O–H groups in total. The molecule has 0 saturated carbocycles. The van der Waals surface area contributed by atoms with Gasteiger partial charge >= 0.3 is 5.97 Å². The average molecular weight is 435 g/mol. The van der Waals surface area contributed by atoms with E-state index >= 15 is 0 Å². The molecule has 2 heterocycles. The number of amides is 1. The molecule has 1 fully saturated rings.